The average Bonchev–Trinajstić information content (AvgIpc) is 3.01. The van der Waals surface area contributed by atoms with Crippen molar-refractivity contribution in [1.82, 2.24) is 25.6 Å². The van der Waals surface area contributed by atoms with E-state index in [9.17, 15) is 4.79 Å². The third-order valence-corrected chi connectivity index (χ3v) is 3.63. The van der Waals surface area contributed by atoms with Crippen molar-refractivity contribution < 1.29 is 9.53 Å². The molecule has 7 heteroatoms. The molecule has 1 aliphatic heterocycles. The van der Waals surface area contributed by atoms with E-state index in [1.165, 1.54) is 0 Å². The maximum absolute atomic E-state index is 12.0. The Bertz CT molecular complexity index is 455. The first-order valence-electron chi connectivity index (χ1n) is 8.15. The summed E-state index contributed by atoms with van der Waals surface area (Å²) in [6.45, 7) is 8.24. The second-order valence-corrected chi connectivity index (χ2v) is 6.14. The van der Waals surface area contributed by atoms with Crippen molar-refractivity contribution in [3.8, 4) is 0 Å². The number of nitrogens with one attached hydrogen (secondary N) is 2. The van der Waals surface area contributed by atoms with Gasteiger partial charge in [-0.15, -0.1) is 5.10 Å². The van der Waals surface area contributed by atoms with E-state index < -0.39 is 0 Å². The number of hydrogen-bond donors (Lipinski definition) is 2. The molecule has 1 aliphatic rings. The second-order valence-electron chi connectivity index (χ2n) is 6.14. The lowest BCUT2D eigenvalue weighted by atomic mass is 10.1. The van der Waals surface area contributed by atoms with E-state index in [1.807, 2.05) is 4.68 Å². The van der Waals surface area contributed by atoms with Crippen LogP contribution >= 0.6 is 0 Å². The van der Waals surface area contributed by atoms with E-state index >= 15 is 0 Å². The van der Waals surface area contributed by atoms with Crippen molar-refractivity contribution in [2.45, 2.75) is 39.2 Å². The molecule has 0 unspecified atom stereocenters. The van der Waals surface area contributed by atoms with E-state index in [0.29, 0.717) is 30.8 Å². The van der Waals surface area contributed by atoms with Gasteiger partial charge in [0.15, 0.2) is 5.69 Å². The Morgan fingerprint density at radius 3 is 3.00 bits per heavy atom. The Morgan fingerprint density at radius 2 is 2.27 bits per heavy atom. The zero-order valence-electron chi connectivity index (χ0n) is 13.5. The fraction of sp³-hybridized carbons (Fsp3) is 0.800. The zero-order valence-corrected chi connectivity index (χ0v) is 13.5. The smallest absolute Gasteiger partial charge is 0.273 e. The minimum atomic E-state index is -0.163. The first kappa shape index (κ1) is 16.9. The molecule has 7 nitrogen and oxygen atoms in total. The van der Waals surface area contributed by atoms with E-state index in [0.717, 1.165) is 39.0 Å². The highest BCUT2D eigenvalue weighted by Gasteiger charge is 2.18. The van der Waals surface area contributed by atoms with E-state index in [-0.39, 0.29) is 5.91 Å². The van der Waals surface area contributed by atoms with Gasteiger partial charge in [0.05, 0.1) is 12.2 Å². The Balaban J connectivity index is 1.68. The van der Waals surface area contributed by atoms with Crippen molar-refractivity contribution in [3.63, 3.8) is 0 Å². The van der Waals surface area contributed by atoms with Crippen LogP contribution in [0.4, 0.5) is 0 Å². The molecule has 124 valence electrons. The van der Waals surface area contributed by atoms with Crippen LogP contribution in [0.5, 0.6) is 0 Å². The monoisotopic (exact) mass is 309 g/mol. The molecule has 2 rings (SSSR count). The Labute approximate surface area is 131 Å². The van der Waals surface area contributed by atoms with Crippen molar-refractivity contribution in [1.29, 1.82) is 0 Å². The van der Waals surface area contributed by atoms with Crippen molar-refractivity contribution in [3.05, 3.63) is 11.9 Å². The maximum Gasteiger partial charge on any atom is 0.273 e. The van der Waals surface area contributed by atoms with Crippen LogP contribution in [0.25, 0.3) is 0 Å². The predicted molar refractivity (Wildman–Crippen MR) is 83.8 cm³/mol. The average molecular weight is 309 g/mol. The number of hydrogen-bond acceptors (Lipinski definition) is 5. The lowest BCUT2D eigenvalue weighted by Gasteiger charge is -2.22. The molecule has 0 bridgehead atoms. The van der Waals surface area contributed by atoms with E-state index in [4.69, 9.17) is 4.74 Å². The molecule has 0 spiro atoms. The minimum absolute atomic E-state index is 0.163. The molecule has 0 aliphatic carbocycles. The molecule has 0 atom stereocenters. The second kappa shape index (κ2) is 8.85. The van der Waals surface area contributed by atoms with E-state index in [1.54, 1.807) is 6.20 Å². The number of nitrogens with zero attached hydrogens (tertiary/aromatic N) is 3. The van der Waals surface area contributed by atoms with Crippen molar-refractivity contribution in [2.75, 3.05) is 32.8 Å². The summed E-state index contributed by atoms with van der Waals surface area (Å²) >= 11 is 0. The molecule has 22 heavy (non-hydrogen) atoms. The molecule has 0 aromatic carbocycles. The van der Waals surface area contributed by atoms with Gasteiger partial charge in [-0.2, -0.15) is 0 Å². The molecule has 1 fully saturated rings. The van der Waals surface area contributed by atoms with Gasteiger partial charge in [0, 0.05) is 19.8 Å². The predicted octanol–water partition coefficient (Wildman–Crippen LogP) is 0.995. The topological polar surface area (TPSA) is 81.1 Å². The number of ether oxygens (including phenoxy) is 1. The molecule has 1 saturated heterocycles. The Kier molecular flexibility index (Phi) is 6.79. The standard InChI is InChI=1S/C15H27N5O2/c1-12(2)11-22-9-3-6-17-15(21)14-10-20(19-18-14)13-4-7-16-8-5-13/h10,12-13,16H,3-9,11H2,1-2H3,(H,17,21). The van der Waals surface area contributed by atoms with Gasteiger partial charge in [0.2, 0.25) is 0 Å². The lowest BCUT2D eigenvalue weighted by molar-refractivity contribution is 0.0920. The number of piperidine rings is 1. The van der Waals surface area contributed by atoms with Gasteiger partial charge in [-0.3, -0.25) is 4.79 Å². The molecule has 2 N–H and O–H groups in total. The summed E-state index contributed by atoms with van der Waals surface area (Å²) < 4.78 is 7.30. The third-order valence-electron chi connectivity index (χ3n) is 3.63. The highest BCUT2D eigenvalue weighted by molar-refractivity contribution is 5.91. The molecule has 0 radical (unpaired) electrons. The Hall–Kier alpha value is -1.47. The largest absolute Gasteiger partial charge is 0.381 e. The number of amides is 1. The highest BCUT2D eigenvalue weighted by atomic mass is 16.5. The normalized spacial score (nSPS) is 16.1. The summed E-state index contributed by atoms with van der Waals surface area (Å²) in [6.07, 6.45) is 4.61. The van der Waals surface area contributed by atoms with Crippen LogP contribution < -0.4 is 10.6 Å². The summed E-state index contributed by atoms with van der Waals surface area (Å²) in [5.74, 6) is 0.378. The van der Waals surface area contributed by atoms with Gasteiger partial charge in [-0.05, 0) is 38.3 Å². The number of carbonyl (C=O) groups excluding carboxylic acids is 1. The van der Waals surface area contributed by atoms with Gasteiger partial charge < -0.3 is 15.4 Å². The van der Waals surface area contributed by atoms with Gasteiger partial charge in [0.25, 0.3) is 5.91 Å². The Morgan fingerprint density at radius 1 is 1.50 bits per heavy atom. The van der Waals surface area contributed by atoms with Gasteiger partial charge >= 0.3 is 0 Å². The fourth-order valence-electron chi connectivity index (χ4n) is 2.42. The van der Waals surface area contributed by atoms with Crippen molar-refractivity contribution in [2.24, 2.45) is 5.92 Å². The number of aromatic nitrogens is 3. The summed E-state index contributed by atoms with van der Waals surface area (Å²) in [5.41, 5.74) is 0.390. The van der Waals surface area contributed by atoms with Gasteiger partial charge in [-0.25, -0.2) is 4.68 Å². The van der Waals surface area contributed by atoms with Crippen molar-refractivity contribution >= 4 is 5.91 Å². The van der Waals surface area contributed by atoms with Crippen LogP contribution in [0.1, 0.15) is 49.6 Å². The van der Waals surface area contributed by atoms with Gasteiger partial charge in [-0.1, -0.05) is 19.1 Å². The SMILES string of the molecule is CC(C)COCCCNC(=O)c1cn(C2CCNCC2)nn1. The fourth-order valence-corrected chi connectivity index (χ4v) is 2.42. The molecule has 2 heterocycles. The lowest BCUT2D eigenvalue weighted by Crippen LogP contribution is -2.29. The molecular formula is C15H27N5O2. The van der Waals surface area contributed by atoms with Crippen LogP contribution in [0, 0.1) is 5.92 Å². The van der Waals surface area contributed by atoms with Crippen LogP contribution in [0.3, 0.4) is 0 Å². The highest BCUT2D eigenvalue weighted by Crippen LogP contribution is 2.16. The first-order valence-corrected chi connectivity index (χ1v) is 8.15. The number of carbonyl (C=O) groups is 1. The molecule has 1 aromatic rings. The maximum atomic E-state index is 12.0. The summed E-state index contributed by atoms with van der Waals surface area (Å²) in [7, 11) is 0. The van der Waals surface area contributed by atoms with E-state index in [2.05, 4.69) is 34.8 Å². The summed E-state index contributed by atoms with van der Waals surface area (Å²) in [4.78, 5) is 12.0. The van der Waals surface area contributed by atoms with Crippen LogP contribution in [-0.4, -0.2) is 53.7 Å². The minimum Gasteiger partial charge on any atom is -0.381 e. The summed E-state index contributed by atoms with van der Waals surface area (Å²) in [5, 5.41) is 14.2. The summed E-state index contributed by atoms with van der Waals surface area (Å²) in [6, 6.07) is 0.347. The van der Waals surface area contributed by atoms with Gasteiger partial charge in [0.1, 0.15) is 0 Å². The molecule has 1 aromatic heterocycles. The van der Waals surface area contributed by atoms with Crippen LogP contribution in [0.15, 0.2) is 6.20 Å². The molecule has 1 amide bonds. The first-order chi connectivity index (χ1) is 10.7. The van der Waals surface area contributed by atoms with Crippen LogP contribution in [-0.2, 0) is 4.74 Å². The number of rotatable bonds is 8. The third kappa shape index (κ3) is 5.38. The van der Waals surface area contributed by atoms with Crippen LogP contribution in [0.2, 0.25) is 0 Å². The zero-order chi connectivity index (χ0) is 15.8. The molecular weight excluding hydrogens is 282 g/mol. The quantitative estimate of drug-likeness (QED) is 0.700. The molecule has 0 saturated carbocycles.